The summed E-state index contributed by atoms with van der Waals surface area (Å²) in [6.45, 7) is 2.01. The van der Waals surface area contributed by atoms with Crippen LogP contribution in [0.1, 0.15) is 11.1 Å². The van der Waals surface area contributed by atoms with Crippen LogP contribution in [0.2, 0.25) is 0 Å². The molecule has 1 aromatic heterocycles. The summed E-state index contributed by atoms with van der Waals surface area (Å²) in [6, 6.07) is 15.5. The number of thioether (sulfide) groups is 1. The van der Waals surface area contributed by atoms with Gasteiger partial charge in [-0.1, -0.05) is 65.9 Å². The van der Waals surface area contributed by atoms with E-state index in [0.717, 1.165) is 22.4 Å². The van der Waals surface area contributed by atoms with Crippen LogP contribution in [0.5, 0.6) is 0 Å². The Balaban J connectivity index is 1.59. The highest BCUT2D eigenvalue weighted by atomic mass is 32.2. The molecule has 2 aromatic carbocycles. The fourth-order valence-electron chi connectivity index (χ4n) is 2.62. The van der Waals surface area contributed by atoms with Crippen molar-refractivity contribution in [1.29, 1.82) is 0 Å². The number of carbonyl (C=O) groups is 1. The van der Waals surface area contributed by atoms with Crippen LogP contribution in [0.25, 0.3) is 17.5 Å². The van der Waals surface area contributed by atoms with Gasteiger partial charge in [0, 0.05) is 5.56 Å². The van der Waals surface area contributed by atoms with Crippen LogP contribution in [-0.4, -0.2) is 25.4 Å². The Bertz CT molecular complexity index is 993. The second-order valence-electron chi connectivity index (χ2n) is 5.81. The maximum Gasteiger partial charge on any atom is 0.270 e. The zero-order valence-corrected chi connectivity index (χ0v) is 15.5. The number of amides is 1. The normalized spacial score (nSPS) is 15.9. The number of carbonyl (C=O) groups excluding carboxylic acids is 1. The Morgan fingerprint density at radius 2 is 1.85 bits per heavy atom. The van der Waals surface area contributed by atoms with Crippen LogP contribution >= 0.6 is 24.0 Å². The Morgan fingerprint density at radius 1 is 1.12 bits per heavy atom. The third kappa shape index (κ3) is 3.18. The average Bonchev–Trinajstić information content (AvgIpc) is 3.26. The smallest absolute Gasteiger partial charge is 0.270 e. The van der Waals surface area contributed by atoms with E-state index in [1.54, 1.807) is 11.2 Å². The number of nitrogens with zero attached hydrogens (tertiary/aromatic N) is 3. The molecule has 1 saturated heterocycles. The van der Waals surface area contributed by atoms with E-state index < -0.39 is 0 Å². The number of anilines is 1. The van der Waals surface area contributed by atoms with Gasteiger partial charge < -0.3 is 4.98 Å². The molecule has 5 nitrogen and oxygen atoms in total. The lowest BCUT2D eigenvalue weighted by atomic mass is 10.1. The number of benzene rings is 2. The molecule has 0 aliphatic carbocycles. The lowest BCUT2D eigenvalue weighted by Crippen LogP contribution is -2.27. The van der Waals surface area contributed by atoms with Gasteiger partial charge in [-0.05, 0) is 30.7 Å². The summed E-state index contributed by atoms with van der Waals surface area (Å²) < 4.78 is 0.545. The van der Waals surface area contributed by atoms with Gasteiger partial charge in [-0.15, -0.1) is 10.2 Å². The Morgan fingerprint density at radius 3 is 2.50 bits per heavy atom. The highest BCUT2D eigenvalue weighted by Gasteiger charge is 2.33. The molecule has 26 heavy (non-hydrogen) atoms. The van der Waals surface area contributed by atoms with E-state index in [0.29, 0.717) is 15.1 Å². The van der Waals surface area contributed by atoms with Crippen molar-refractivity contribution in [1.82, 2.24) is 15.2 Å². The molecule has 7 heteroatoms. The first-order valence-electron chi connectivity index (χ1n) is 7.93. The number of thiocarbonyl (C=S) groups is 1. The predicted molar refractivity (Wildman–Crippen MR) is 109 cm³/mol. The second kappa shape index (κ2) is 6.86. The van der Waals surface area contributed by atoms with Crippen LogP contribution in [0.4, 0.5) is 5.69 Å². The molecule has 4 rings (SSSR count). The van der Waals surface area contributed by atoms with Gasteiger partial charge in [-0.2, -0.15) is 0 Å². The molecular formula is C19H14N4OS2. The fourth-order valence-corrected chi connectivity index (χ4v) is 3.92. The molecule has 0 atom stereocenters. The van der Waals surface area contributed by atoms with Gasteiger partial charge in [0.25, 0.3) is 5.91 Å². The van der Waals surface area contributed by atoms with E-state index in [1.165, 1.54) is 11.8 Å². The maximum atomic E-state index is 12.8. The zero-order chi connectivity index (χ0) is 18.1. The van der Waals surface area contributed by atoms with Crippen LogP contribution in [0, 0.1) is 6.92 Å². The van der Waals surface area contributed by atoms with Crippen molar-refractivity contribution in [2.45, 2.75) is 6.92 Å². The molecule has 0 radical (unpaired) electrons. The number of hydrogen-bond acceptors (Lipinski definition) is 5. The topological polar surface area (TPSA) is 61.9 Å². The summed E-state index contributed by atoms with van der Waals surface area (Å²) in [4.78, 5) is 17.9. The van der Waals surface area contributed by atoms with Crippen LogP contribution in [-0.2, 0) is 4.79 Å². The minimum atomic E-state index is -0.0943. The first-order chi connectivity index (χ1) is 12.6. The van der Waals surface area contributed by atoms with E-state index in [2.05, 4.69) is 15.2 Å². The molecule has 128 valence electrons. The minimum Gasteiger partial charge on any atom is -0.328 e. The summed E-state index contributed by atoms with van der Waals surface area (Å²) >= 11 is 6.73. The Kier molecular flexibility index (Phi) is 4.40. The number of aromatic nitrogens is 3. The van der Waals surface area contributed by atoms with E-state index in [-0.39, 0.29) is 5.91 Å². The van der Waals surface area contributed by atoms with Crippen molar-refractivity contribution in [3.8, 4) is 11.4 Å². The number of aromatic amines is 1. The first-order valence-corrected chi connectivity index (χ1v) is 9.15. The number of aryl methyl sites for hydroxylation is 1. The molecule has 2 heterocycles. The van der Waals surface area contributed by atoms with Gasteiger partial charge in [-0.3, -0.25) is 9.69 Å². The summed E-state index contributed by atoms with van der Waals surface area (Å²) in [5, 5.41) is 7.77. The van der Waals surface area contributed by atoms with Crippen molar-refractivity contribution in [3.05, 3.63) is 70.9 Å². The van der Waals surface area contributed by atoms with E-state index in [4.69, 9.17) is 12.2 Å². The number of hydrogen-bond donors (Lipinski definition) is 1. The zero-order valence-electron chi connectivity index (χ0n) is 13.8. The largest absolute Gasteiger partial charge is 0.328 e. The van der Waals surface area contributed by atoms with Gasteiger partial charge in [0.05, 0.1) is 10.6 Å². The molecule has 1 N–H and O–H groups in total. The van der Waals surface area contributed by atoms with Crippen molar-refractivity contribution < 1.29 is 4.79 Å². The lowest BCUT2D eigenvalue weighted by molar-refractivity contribution is -0.113. The van der Waals surface area contributed by atoms with Crippen molar-refractivity contribution in [2.24, 2.45) is 0 Å². The molecule has 3 aromatic rings. The van der Waals surface area contributed by atoms with Gasteiger partial charge >= 0.3 is 0 Å². The summed E-state index contributed by atoms with van der Waals surface area (Å²) in [5.41, 5.74) is 3.80. The van der Waals surface area contributed by atoms with Crippen molar-refractivity contribution >= 4 is 46.0 Å². The predicted octanol–water partition coefficient (Wildman–Crippen LogP) is 4.19. The van der Waals surface area contributed by atoms with Gasteiger partial charge in [0.15, 0.2) is 10.1 Å². The number of H-pyrrole nitrogens is 1. The quantitative estimate of drug-likeness (QED) is 0.547. The SMILES string of the molecule is Cc1ccc(N2C(=O)/C(=C/c3ccc(-c4nnc[nH]4)cc3)SC2=S)cc1. The van der Waals surface area contributed by atoms with E-state index in [1.807, 2.05) is 61.5 Å². The standard InChI is InChI=1S/C19H14N4OS2/c1-12-2-8-15(9-3-12)23-18(24)16(26-19(23)25)10-13-4-6-14(7-5-13)17-20-11-21-22-17/h2-11H,1H3,(H,20,21,22)/b16-10-. The van der Waals surface area contributed by atoms with E-state index >= 15 is 0 Å². The molecule has 0 spiro atoms. The highest BCUT2D eigenvalue weighted by molar-refractivity contribution is 8.27. The summed E-state index contributed by atoms with van der Waals surface area (Å²) in [5.74, 6) is 0.616. The molecule has 0 saturated carbocycles. The third-order valence-corrected chi connectivity index (χ3v) is 5.29. The maximum absolute atomic E-state index is 12.8. The van der Waals surface area contributed by atoms with Crippen molar-refractivity contribution in [3.63, 3.8) is 0 Å². The number of nitrogens with one attached hydrogen (secondary N) is 1. The van der Waals surface area contributed by atoms with Gasteiger partial charge in [-0.25, -0.2) is 0 Å². The summed E-state index contributed by atoms with van der Waals surface area (Å²) in [7, 11) is 0. The van der Waals surface area contributed by atoms with Crippen LogP contribution in [0.3, 0.4) is 0 Å². The van der Waals surface area contributed by atoms with E-state index in [9.17, 15) is 4.79 Å². The van der Waals surface area contributed by atoms with Crippen LogP contribution < -0.4 is 4.90 Å². The fraction of sp³-hybridized carbons (Fsp3) is 0.0526. The highest BCUT2D eigenvalue weighted by Crippen LogP contribution is 2.36. The van der Waals surface area contributed by atoms with Gasteiger partial charge in [0.1, 0.15) is 6.33 Å². The molecule has 1 aliphatic rings. The molecule has 1 aliphatic heterocycles. The average molecular weight is 378 g/mol. The molecular weight excluding hydrogens is 364 g/mol. The second-order valence-corrected chi connectivity index (χ2v) is 7.49. The minimum absolute atomic E-state index is 0.0943. The monoisotopic (exact) mass is 378 g/mol. The molecule has 0 bridgehead atoms. The first kappa shape index (κ1) is 16.7. The molecule has 1 amide bonds. The Labute approximate surface area is 160 Å². The summed E-state index contributed by atoms with van der Waals surface area (Å²) in [6.07, 6.45) is 3.40. The molecule has 1 fully saturated rings. The third-order valence-electron chi connectivity index (χ3n) is 3.98. The Hall–Kier alpha value is -2.77. The van der Waals surface area contributed by atoms with Gasteiger partial charge in [0.2, 0.25) is 0 Å². The lowest BCUT2D eigenvalue weighted by Gasteiger charge is -2.14. The molecule has 0 unspecified atom stereocenters. The van der Waals surface area contributed by atoms with Crippen LogP contribution in [0.15, 0.2) is 59.8 Å². The number of rotatable bonds is 3. The van der Waals surface area contributed by atoms with Crippen molar-refractivity contribution in [2.75, 3.05) is 4.90 Å².